The predicted molar refractivity (Wildman–Crippen MR) is 78.2 cm³/mol. The summed E-state index contributed by atoms with van der Waals surface area (Å²) in [6, 6.07) is 10.5. The number of hydrogen-bond acceptors (Lipinski definition) is 3. The average molecular weight is 284 g/mol. The molecule has 0 bridgehead atoms. The number of benzene rings is 1. The van der Waals surface area contributed by atoms with Gasteiger partial charge in [-0.05, 0) is 49.2 Å². The molecule has 1 saturated carbocycles. The van der Waals surface area contributed by atoms with Gasteiger partial charge in [0, 0.05) is 24.3 Å². The molecule has 108 valence electrons. The third kappa shape index (κ3) is 2.97. The van der Waals surface area contributed by atoms with Crippen LogP contribution in [0.1, 0.15) is 33.8 Å². The molecule has 0 atom stereocenters. The topological polar surface area (TPSA) is 62.6 Å². The Balaban J connectivity index is 1.66. The predicted octanol–water partition coefficient (Wildman–Crippen LogP) is 2.77. The van der Waals surface area contributed by atoms with Gasteiger partial charge in [-0.15, -0.1) is 0 Å². The number of amides is 2. The number of rotatable bonds is 4. The minimum atomic E-state index is -0.311. The minimum absolute atomic E-state index is 0.0152. The fourth-order valence-corrected chi connectivity index (χ4v) is 2.13. The molecule has 5 heteroatoms. The molecule has 2 aromatic rings. The van der Waals surface area contributed by atoms with Crippen LogP contribution >= 0.6 is 0 Å². The number of hydrogen-bond donors (Lipinski definition) is 1. The zero-order chi connectivity index (χ0) is 14.8. The van der Waals surface area contributed by atoms with Gasteiger partial charge in [0.25, 0.3) is 11.8 Å². The van der Waals surface area contributed by atoms with E-state index >= 15 is 0 Å². The first kappa shape index (κ1) is 13.4. The third-order valence-corrected chi connectivity index (χ3v) is 3.55. The van der Waals surface area contributed by atoms with Crippen LogP contribution in [0.25, 0.3) is 0 Å². The van der Waals surface area contributed by atoms with E-state index in [1.54, 1.807) is 41.3 Å². The number of nitrogens with zero attached hydrogens (tertiary/aromatic N) is 1. The summed E-state index contributed by atoms with van der Waals surface area (Å²) in [5.41, 5.74) is 1.25. The van der Waals surface area contributed by atoms with Gasteiger partial charge in [0.1, 0.15) is 0 Å². The molecule has 1 fully saturated rings. The maximum absolute atomic E-state index is 12.2. The Kier molecular flexibility index (Phi) is 3.48. The molecular formula is C16H16N2O3. The van der Waals surface area contributed by atoms with E-state index in [4.69, 9.17) is 4.42 Å². The summed E-state index contributed by atoms with van der Waals surface area (Å²) in [7, 11) is 1.83. The van der Waals surface area contributed by atoms with E-state index in [1.165, 1.54) is 6.26 Å². The van der Waals surface area contributed by atoms with Crippen molar-refractivity contribution in [2.24, 2.45) is 0 Å². The highest BCUT2D eigenvalue weighted by Gasteiger charge is 2.29. The lowest BCUT2D eigenvalue weighted by atomic mass is 10.2. The highest BCUT2D eigenvalue weighted by molar-refractivity contribution is 6.02. The van der Waals surface area contributed by atoms with E-state index in [2.05, 4.69) is 5.32 Å². The molecule has 0 radical (unpaired) electrons. The van der Waals surface area contributed by atoms with Crippen molar-refractivity contribution in [3.63, 3.8) is 0 Å². The maximum atomic E-state index is 12.2. The van der Waals surface area contributed by atoms with E-state index in [0.29, 0.717) is 17.3 Å². The fourth-order valence-electron chi connectivity index (χ4n) is 2.13. The Morgan fingerprint density at radius 2 is 1.90 bits per heavy atom. The number of carbonyl (C=O) groups is 2. The average Bonchev–Trinajstić information content (AvgIpc) is 3.20. The molecule has 0 spiro atoms. The standard InChI is InChI=1S/C16H16N2O3/c1-18(13-8-9-13)16(20)11-4-6-12(7-5-11)17-15(19)14-3-2-10-21-14/h2-7,10,13H,8-9H2,1H3,(H,17,19). The number of carbonyl (C=O) groups excluding carboxylic acids is 2. The largest absolute Gasteiger partial charge is 0.459 e. The molecule has 1 aromatic carbocycles. The van der Waals surface area contributed by atoms with Crippen molar-refractivity contribution < 1.29 is 14.0 Å². The Morgan fingerprint density at radius 1 is 1.19 bits per heavy atom. The summed E-state index contributed by atoms with van der Waals surface area (Å²) in [5, 5.41) is 2.72. The summed E-state index contributed by atoms with van der Waals surface area (Å²) in [5.74, 6) is -0.0424. The SMILES string of the molecule is CN(C(=O)c1ccc(NC(=O)c2ccco2)cc1)C1CC1. The quantitative estimate of drug-likeness (QED) is 0.939. The van der Waals surface area contributed by atoms with Crippen molar-refractivity contribution in [3.8, 4) is 0 Å². The third-order valence-electron chi connectivity index (χ3n) is 3.55. The van der Waals surface area contributed by atoms with Crippen LogP contribution in [-0.2, 0) is 0 Å². The van der Waals surface area contributed by atoms with Crippen LogP contribution in [0.15, 0.2) is 47.1 Å². The number of nitrogens with one attached hydrogen (secondary N) is 1. The molecule has 1 N–H and O–H groups in total. The van der Waals surface area contributed by atoms with Gasteiger partial charge in [-0.1, -0.05) is 0 Å². The normalized spacial score (nSPS) is 13.8. The summed E-state index contributed by atoms with van der Waals surface area (Å²) < 4.78 is 5.02. The Morgan fingerprint density at radius 3 is 2.48 bits per heavy atom. The molecule has 1 aliphatic carbocycles. The first-order valence-corrected chi connectivity index (χ1v) is 6.87. The second kappa shape index (κ2) is 5.44. The zero-order valence-electron chi connectivity index (χ0n) is 11.7. The van der Waals surface area contributed by atoms with Crippen LogP contribution in [0, 0.1) is 0 Å². The first-order chi connectivity index (χ1) is 10.1. The van der Waals surface area contributed by atoms with E-state index in [1.807, 2.05) is 7.05 Å². The van der Waals surface area contributed by atoms with Crippen LogP contribution < -0.4 is 5.32 Å². The van der Waals surface area contributed by atoms with Crippen molar-refractivity contribution in [2.75, 3.05) is 12.4 Å². The lowest BCUT2D eigenvalue weighted by Crippen LogP contribution is -2.28. The minimum Gasteiger partial charge on any atom is -0.459 e. The van der Waals surface area contributed by atoms with Crippen LogP contribution in [0.4, 0.5) is 5.69 Å². The van der Waals surface area contributed by atoms with Gasteiger partial charge in [0.05, 0.1) is 6.26 Å². The molecule has 5 nitrogen and oxygen atoms in total. The first-order valence-electron chi connectivity index (χ1n) is 6.87. The monoisotopic (exact) mass is 284 g/mol. The smallest absolute Gasteiger partial charge is 0.291 e. The Hall–Kier alpha value is -2.56. The zero-order valence-corrected chi connectivity index (χ0v) is 11.7. The number of anilines is 1. The van der Waals surface area contributed by atoms with Gasteiger partial charge in [0.15, 0.2) is 5.76 Å². The van der Waals surface area contributed by atoms with Gasteiger partial charge < -0.3 is 14.6 Å². The molecule has 0 unspecified atom stereocenters. The molecule has 2 amide bonds. The van der Waals surface area contributed by atoms with Crippen LogP contribution in [-0.4, -0.2) is 29.8 Å². The van der Waals surface area contributed by atoms with E-state index in [-0.39, 0.29) is 17.6 Å². The summed E-state index contributed by atoms with van der Waals surface area (Å²) >= 11 is 0. The summed E-state index contributed by atoms with van der Waals surface area (Å²) in [4.78, 5) is 25.8. The highest BCUT2D eigenvalue weighted by atomic mass is 16.3. The summed E-state index contributed by atoms with van der Waals surface area (Å²) in [6.07, 6.45) is 3.61. The van der Waals surface area contributed by atoms with Gasteiger partial charge in [-0.25, -0.2) is 0 Å². The van der Waals surface area contributed by atoms with Crippen molar-refractivity contribution in [1.82, 2.24) is 4.90 Å². The van der Waals surface area contributed by atoms with Gasteiger partial charge in [-0.3, -0.25) is 9.59 Å². The van der Waals surface area contributed by atoms with E-state index < -0.39 is 0 Å². The number of furan rings is 1. The van der Waals surface area contributed by atoms with Crippen molar-refractivity contribution in [1.29, 1.82) is 0 Å². The lowest BCUT2D eigenvalue weighted by Gasteiger charge is -2.16. The van der Waals surface area contributed by atoms with Gasteiger partial charge in [-0.2, -0.15) is 0 Å². The van der Waals surface area contributed by atoms with Crippen LogP contribution in [0.2, 0.25) is 0 Å². The molecule has 0 aliphatic heterocycles. The fraction of sp³-hybridized carbons (Fsp3) is 0.250. The summed E-state index contributed by atoms with van der Waals surface area (Å²) in [6.45, 7) is 0. The molecule has 3 rings (SSSR count). The Bertz CT molecular complexity index is 643. The van der Waals surface area contributed by atoms with Crippen molar-refractivity contribution in [2.45, 2.75) is 18.9 Å². The maximum Gasteiger partial charge on any atom is 0.291 e. The molecular weight excluding hydrogens is 268 g/mol. The lowest BCUT2D eigenvalue weighted by molar-refractivity contribution is 0.0785. The van der Waals surface area contributed by atoms with Gasteiger partial charge in [0.2, 0.25) is 0 Å². The molecule has 1 aromatic heterocycles. The second-order valence-electron chi connectivity index (χ2n) is 5.16. The molecule has 21 heavy (non-hydrogen) atoms. The van der Waals surface area contributed by atoms with E-state index in [9.17, 15) is 9.59 Å². The Labute approximate surface area is 122 Å². The van der Waals surface area contributed by atoms with Gasteiger partial charge >= 0.3 is 0 Å². The molecule has 1 heterocycles. The molecule has 1 aliphatic rings. The van der Waals surface area contributed by atoms with E-state index in [0.717, 1.165) is 12.8 Å². The van der Waals surface area contributed by atoms with Crippen LogP contribution in [0.5, 0.6) is 0 Å². The highest BCUT2D eigenvalue weighted by Crippen LogP contribution is 2.26. The molecule has 0 saturated heterocycles. The second-order valence-corrected chi connectivity index (χ2v) is 5.16. The van der Waals surface area contributed by atoms with Crippen molar-refractivity contribution >= 4 is 17.5 Å². The van der Waals surface area contributed by atoms with Crippen molar-refractivity contribution in [3.05, 3.63) is 54.0 Å². The van der Waals surface area contributed by atoms with Crippen LogP contribution in [0.3, 0.4) is 0 Å².